The quantitative estimate of drug-likeness (QED) is 0.850. The average Bonchev–Trinajstić information content (AvgIpc) is 2.59. The van der Waals surface area contributed by atoms with Gasteiger partial charge in [-0.15, -0.1) is 24.8 Å². The molecule has 1 aliphatic rings. The molecule has 1 aliphatic heterocycles. The van der Waals surface area contributed by atoms with E-state index in [1.165, 1.54) is 19.4 Å². The Morgan fingerprint density at radius 1 is 1.43 bits per heavy atom. The monoisotopic (exact) mass is 237 g/mol. The lowest BCUT2D eigenvalue weighted by Gasteiger charge is -2.22. The number of piperidine rings is 1. The number of nitrogens with one attached hydrogen (secondary N) is 1. The zero-order valence-corrected chi connectivity index (χ0v) is 9.69. The van der Waals surface area contributed by atoms with Crippen LogP contribution in [0.1, 0.15) is 12.8 Å². The fourth-order valence-corrected chi connectivity index (χ4v) is 1.75. The molecule has 0 amide bonds. The normalized spacial score (nSPS) is 20.7. The number of hydrogen-bond acceptors (Lipinski definition) is 2. The number of rotatable bonds is 2. The van der Waals surface area contributed by atoms with Gasteiger partial charge in [0.1, 0.15) is 0 Å². The Bertz CT molecular complexity index is 220. The van der Waals surface area contributed by atoms with Crippen LogP contribution in [0.15, 0.2) is 18.5 Å². The van der Waals surface area contributed by atoms with Crippen molar-refractivity contribution in [1.29, 1.82) is 0 Å². The summed E-state index contributed by atoms with van der Waals surface area (Å²) in [5.74, 6) is 0.777. The predicted molar refractivity (Wildman–Crippen MR) is 62.3 cm³/mol. The Hall–Kier alpha value is -0.250. The molecule has 0 saturated carbocycles. The summed E-state index contributed by atoms with van der Waals surface area (Å²) in [5, 5.41) is 7.61. The second kappa shape index (κ2) is 7.10. The van der Waals surface area contributed by atoms with E-state index >= 15 is 0 Å². The van der Waals surface area contributed by atoms with Crippen molar-refractivity contribution in [2.24, 2.45) is 5.92 Å². The molecule has 5 heteroatoms. The van der Waals surface area contributed by atoms with E-state index in [2.05, 4.69) is 10.4 Å². The molecule has 0 aliphatic carbocycles. The molecule has 2 rings (SSSR count). The third kappa shape index (κ3) is 3.86. The van der Waals surface area contributed by atoms with E-state index < -0.39 is 0 Å². The van der Waals surface area contributed by atoms with Gasteiger partial charge in [0.25, 0.3) is 0 Å². The summed E-state index contributed by atoms with van der Waals surface area (Å²) in [7, 11) is 0. The summed E-state index contributed by atoms with van der Waals surface area (Å²) in [4.78, 5) is 0. The average molecular weight is 238 g/mol. The largest absolute Gasteiger partial charge is 0.316 e. The number of aromatic nitrogens is 2. The van der Waals surface area contributed by atoms with Crippen molar-refractivity contribution in [3.63, 3.8) is 0 Å². The zero-order valence-electron chi connectivity index (χ0n) is 8.06. The van der Waals surface area contributed by atoms with Crippen LogP contribution < -0.4 is 5.32 Å². The molecule has 2 heterocycles. The molecule has 1 unspecified atom stereocenters. The van der Waals surface area contributed by atoms with Crippen LogP contribution >= 0.6 is 24.8 Å². The molecular formula is C9H17Cl2N3. The van der Waals surface area contributed by atoms with E-state index in [-0.39, 0.29) is 24.8 Å². The van der Waals surface area contributed by atoms with Gasteiger partial charge in [0, 0.05) is 18.9 Å². The summed E-state index contributed by atoms with van der Waals surface area (Å²) in [6, 6.07) is 1.98. The SMILES string of the molecule is Cl.Cl.c1cnn(CC2CCCNC2)c1. The Morgan fingerprint density at radius 3 is 2.86 bits per heavy atom. The molecule has 1 N–H and O–H groups in total. The Balaban J connectivity index is 0.000000845. The van der Waals surface area contributed by atoms with E-state index in [4.69, 9.17) is 0 Å². The lowest BCUT2D eigenvalue weighted by molar-refractivity contribution is 0.325. The molecule has 1 aromatic heterocycles. The van der Waals surface area contributed by atoms with Crippen LogP contribution in [0.2, 0.25) is 0 Å². The summed E-state index contributed by atoms with van der Waals surface area (Å²) in [6.45, 7) is 3.41. The Kier molecular flexibility index (Phi) is 6.97. The maximum Gasteiger partial charge on any atom is 0.0489 e. The van der Waals surface area contributed by atoms with Gasteiger partial charge in [-0.25, -0.2) is 0 Å². The van der Waals surface area contributed by atoms with Crippen molar-refractivity contribution in [3.8, 4) is 0 Å². The molecule has 14 heavy (non-hydrogen) atoms. The molecule has 0 aromatic carbocycles. The number of halogens is 2. The maximum atomic E-state index is 4.20. The van der Waals surface area contributed by atoms with Gasteiger partial charge < -0.3 is 5.32 Å². The standard InChI is InChI=1S/C9H15N3.2ClH/c1-3-9(7-10-4-1)8-12-6-2-5-11-12;;/h2,5-6,9-10H,1,3-4,7-8H2;2*1H. The molecule has 82 valence electrons. The van der Waals surface area contributed by atoms with E-state index in [1.54, 1.807) is 0 Å². The van der Waals surface area contributed by atoms with Crippen LogP contribution in [0.25, 0.3) is 0 Å². The summed E-state index contributed by atoms with van der Waals surface area (Å²) in [6.07, 6.45) is 6.53. The van der Waals surface area contributed by atoms with Gasteiger partial charge in [-0.1, -0.05) is 0 Å². The van der Waals surface area contributed by atoms with Gasteiger partial charge in [0.15, 0.2) is 0 Å². The summed E-state index contributed by atoms with van der Waals surface area (Å²) < 4.78 is 2.03. The highest BCUT2D eigenvalue weighted by Gasteiger charge is 2.12. The van der Waals surface area contributed by atoms with Crippen molar-refractivity contribution in [3.05, 3.63) is 18.5 Å². The Labute approximate surface area is 97.1 Å². The van der Waals surface area contributed by atoms with E-state index in [0.717, 1.165) is 19.0 Å². The molecule has 3 nitrogen and oxygen atoms in total. The summed E-state index contributed by atoms with van der Waals surface area (Å²) in [5.41, 5.74) is 0. The third-order valence-electron chi connectivity index (χ3n) is 2.40. The van der Waals surface area contributed by atoms with Crippen molar-refractivity contribution in [1.82, 2.24) is 15.1 Å². The van der Waals surface area contributed by atoms with Crippen LogP contribution in [0.4, 0.5) is 0 Å². The molecule has 0 spiro atoms. The van der Waals surface area contributed by atoms with Crippen LogP contribution in [-0.2, 0) is 6.54 Å². The predicted octanol–water partition coefficient (Wildman–Crippen LogP) is 1.73. The number of hydrogen-bond donors (Lipinski definition) is 1. The zero-order chi connectivity index (χ0) is 8.23. The molecule has 1 aromatic rings. The second-order valence-corrected chi connectivity index (χ2v) is 3.44. The molecular weight excluding hydrogens is 221 g/mol. The highest BCUT2D eigenvalue weighted by molar-refractivity contribution is 5.85. The first-order chi connectivity index (χ1) is 5.95. The van der Waals surface area contributed by atoms with Crippen molar-refractivity contribution < 1.29 is 0 Å². The van der Waals surface area contributed by atoms with Gasteiger partial charge in [-0.05, 0) is 37.9 Å². The van der Waals surface area contributed by atoms with E-state index in [9.17, 15) is 0 Å². The fraction of sp³-hybridized carbons (Fsp3) is 0.667. The van der Waals surface area contributed by atoms with Crippen molar-refractivity contribution in [2.75, 3.05) is 13.1 Å². The first-order valence-corrected chi connectivity index (χ1v) is 4.63. The van der Waals surface area contributed by atoms with E-state index in [0.29, 0.717) is 0 Å². The minimum atomic E-state index is 0. The molecule has 1 atom stereocenters. The first-order valence-electron chi connectivity index (χ1n) is 4.63. The van der Waals surface area contributed by atoms with E-state index in [1.807, 2.05) is 23.1 Å². The third-order valence-corrected chi connectivity index (χ3v) is 2.40. The topological polar surface area (TPSA) is 29.9 Å². The molecule has 1 fully saturated rings. The lowest BCUT2D eigenvalue weighted by atomic mass is 10.00. The lowest BCUT2D eigenvalue weighted by Crippen LogP contribution is -2.32. The van der Waals surface area contributed by atoms with Gasteiger partial charge in [0.05, 0.1) is 0 Å². The summed E-state index contributed by atoms with van der Waals surface area (Å²) >= 11 is 0. The van der Waals surface area contributed by atoms with Crippen molar-refractivity contribution in [2.45, 2.75) is 19.4 Å². The van der Waals surface area contributed by atoms with Gasteiger partial charge in [-0.2, -0.15) is 5.10 Å². The minimum absolute atomic E-state index is 0. The highest BCUT2D eigenvalue weighted by Crippen LogP contribution is 2.11. The fourth-order valence-electron chi connectivity index (χ4n) is 1.75. The molecule has 0 radical (unpaired) electrons. The van der Waals surface area contributed by atoms with Crippen LogP contribution in [0.3, 0.4) is 0 Å². The van der Waals surface area contributed by atoms with Gasteiger partial charge >= 0.3 is 0 Å². The smallest absolute Gasteiger partial charge is 0.0489 e. The second-order valence-electron chi connectivity index (χ2n) is 3.44. The molecule has 0 bridgehead atoms. The highest BCUT2D eigenvalue weighted by atomic mass is 35.5. The van der Waals surface area contributed by atoms with Crippen LogP contribution in [-0.4, -0.2) is 22.9 Å². The van der Waals surface area contributed by atoms with Gasteiger partial charge in [0.2, 0.25) is 0 Å². The molecule has 1 saturated heterocycles. The minimum Gasteiger partial charge on any atom is -0.316 e. The number of nitrogens with zero attached hydrogens (tertiary/aromatic N) is 2. The van der Waals surface area contributed by atoms with Crippen LogP contribution in [0.5, 0.6) is 0 Å². The van der Waals surface area contributed by atoms with Gasteiger partial charge in [-0.3, -0.25) is 4.68 Å². The Morgan fingerprint density at radius 2 is 2.29 bits per heavy atom. The van der Waals surface area contributed by atoms with Crippen LogP contribution in [0, 0.1) is 5.92 Å². The van der Waals surface area contributed by atoms with Crippen molar-refractivity contribution >= 4 is 24.8 Å². The first kappa shape index (κ1) is 13.8. The maximum absolute atomic E-state index is 4.20.